The van der Waals surface area contributed by atoms with Gasteiger partial charge in [-0.3, -0.25) is 0 Å². The highest BCUT2D eigenvalue weighted by Crippen LogP contribution is 2.71. The Morgan fingerprint density at radius 2 is 0.384 bits per heavy atom. The van der Waals surface area contributed by atoms with Crippen LogP contribution in [0.15, 0.2) is 123 Å². The molecule has 0 spiro atoms. The van der Waals surface area contributed by atoms with Crippen molar-refractivity contribution in [3.05, 3.63) is 146 Å². The molecule has 840 valence electrons. The van der Waals surface area contributed by atoms with Crippen LogP contribution in [0.3, 0.4) is 0 Å². The zero-order chi connectivity index (χ0) is 117. The van der Waals surface area contributed by atoms with Gasteiger partial charge in [0.25, 0.3) is 0 Å². The van der Waals surface area contributed by atoms with E-state index in [0.29, 0.717) is 54.6 Å². The van der Waals surface area contributed by atoms with Gasteiger partial charge in [-0.25, -0.2) is 9.59 Å². The average molecular weight is 2300 g/mol. The highest BCUT2D eigenvalue weighted by molar-refractivity contribution is 5.81. The molecule has 0 atom stereocenters. The van der Waals surface area contributed by atoms with Crippen LogP contribution in [0.2, 0.25) is 0 Å². The number of halogens is 68. The molecule has 78 heteroatoms. The van der Waals surface area contributed by atoms with Crippen LogP contribution in [0.4, 0.5) is 299 Å². The minimum Gasteiger partial charge on any atom is -0.504 e. The molecule has 0 radical (unpaired) electrons. The fourth-order valence-corrected chi connectivity index (χ4v) is 8.67. The Hall–Kier alpha value is -11.2. The third-order valence-corrected chi connectivity index (χ3v) is 17.1. The van der Waals surface area contributed by atoms with E-state index >= 15 is 0 Å². The summed E-state index contributed by atoms with van der Waals surface area (Å²) < 4.78 is 917. The fourth-order valence-electron chi connectivity index (χ4n) is 8.67. The second kappa shape index (κ2) is 40.0. The van der Waals surface area contributed by atoms with E-state index < -0.39 is 251 Å². The summed E-state index contributed by atoms with van der Waals surface area (Å²) in [7, 11) is 0. The number of benzene rings is 4. The van der Waals surface area contributed by atoms with Crippen molar-refractivity contribution in [2.45, 2.75) is 204 Å². The molecule has 4 rings (SSSR count). The van der Waals surface area contributed by atoms with Crippen LogP contribution in [0.25, 0.3) is 12.2 Å². The quantitative estimate of drug-likeness (QED) is 0.0252. The third-order valence-electron chi connectivity index (χ3n) is 17.1. The van der Waals surface area contributed by atoms with Gasteiger partial charge in [-0.15, -0.1) is 0 Å². The van der Waals surface area contributed by atoms with Crippen molar-refractivity contribution in [2.75, 3.05) is 0 Å². The molecule has 4 aromatic carbocycles. The minimum absolute atomic E-state index is 0.0132. The van der Waals surface area contributed by atoms with Gasteiger partial charge in [-0.2, -0.15) is 299 Å². The number of ether oxygens (including phenoxy) is 6. The van der Waals surface area contributed by atoms with Crippen LogP contribution >= 0.6 is 0 Å². The van der Waals surface area contributed by atoms with Crippen molar-refractivity contribution >= 4 is 24.1 Å². The molecule has 0 amide bonds. The van der Waals surface area contributed by atoms with Gasteiger partial charge in [-0.05, 0) is 70.8 Å². The predicted octanol–water partition coefficient (Wildman–Crippen LogP) is 29.3. The lowest BCUT2D eigenvalue weighted by Crippen LogP contribution is -2.74. The summed E-state index contributed by atoms with van der Waals surface area (Å²) in [5, 5.41) is 18.8. The van der Waals surface area contributed by atoms with E-state index in [9.17, 15) is 318 Å². The number of alkyl halides is 68. The van der Waals surface area contributed by atoms with E-state index in [0.717, 1.165) is 24.3 Å². The van der Waals surface area contributed by atoms with Crippen molar-refractivity contribution in [2.24, 2.45) is 0 Å². The van der Waals surface area contributed by atoms with Gasteiger partial charge < -0.3 is 38.6 Å². The van der Waals surface area contributed by atoms with Crippen LogP contribution in [-0.2, 0) is 32.3 Å². The molecule has 0 saturated heterocycles. The zero-order valence-electron chi connectivity index (χ0n) is 66.5. The van der Waals surface area contributed by atoms with Crippen molar-refractivity contribution in [3.63, 3.8) is 0 Å². The Bertz CT molecular complexity index is 5190. The molecule has 0 fully saturated rings. The number of phenolic OH excluding ortho intramolecular Hbond substituents is 2. The van der Waals surface area contributed by atoms with Gasteiger partial charge in [0.2, 0.25) is 0 Å². The Morgan fingerprint density at radius 3 is 0.582 bits per heavy atom. The fraction of sp³-hybridized carbons (Fsp3) is 0.500. The first-order valence-corrected chi connectivity index (χ1v) is 33.9. The van der Waals surface area contributed by atoms with Crippen LogP contribution in [0, 0.1) is 0 Å². The molecule has 0 aliphatic rings. The molecular weight excluding hydrogens is 2270 g/mol. The highest BCUT2D eigenvalue weighted by Gasteiger charge is 3.01. The molecular formula is C68H32F68O10. The van der Waals surface area contributed by atoms with E-state index in [-0.39, 0.29) is 52.6 Å². The molecule has 0 aliphatic heterocycles. The second-order valence-corrected chi connectivity index (χ2v) is 27.0. The molecule has 2 N–H and O–H groups in total. The first-order valence-electron chi connectivity index (χ1n) is 33.9. The second-order valence-electron chi connectivity index (χ2n) is 27.0. The van der Waals surface area contributed by atoms with Gasteiger partial charge >= 0.3 is 203 Å². The maximum Gasteiger partial charge on any atom is 0.471 e. The van der Waals surface area contributed by atoms with Gasteiger partial charge in [0.1, 0.15) is 24.7 Å². The zero-order valence-corrected chi connectivity index (χ0v) is 66.5. The lowest BCUT2D eigenvalue weighted by atomic mass is 9.90. The molecule has 0 aliphatic carbocycles. The van der Waals surface area contributed by atoms with Crippen LogP contribution in [-0.4, -0.2) is 213 Å². The topological polar surface area (TPSA) is 130 Å². The molecule has 146 heavy (non-hydrogen) atoms. The number of aromatic hydroxyl groups is 2. The Kier molecular flexibility index (Phi) is 36.4. The van der Waals surface area contributed by atoms with Gasteiger partial charge in [-0.1, -0.05) is 74.9 Å². The molecule has 0 heterocycles. The summed E-state index contributed by atoms with van der Waals surface area (Å²) in [5.74, 6) is -215. The lowest BCUT2D eigenvalue weighted by Gasteiger charge is -2.42. The van der Waals surface area contributed by atoms with Gasteiger partial charge in [0, 0.05) is 12.2 Å². The smallest absolute Gasteiger partial charge is 0.471 e. The maximum absolute atomic E-state index is 13.9. The molecule has 0 saturated carbocycles. The van der Waals surface area contributed by atoms with Crippen molar-refractivity contribution in [3.8, 4) is 34.5 Å². The maximum atomic E-state index is 13.9. The van der Waals surface area contributed by atoms with Crippen molar-refractivity contribution in [1.82, 2.24) is 0 Å². The van der Waals surface area contributed by atoms with E-state index in [1.807, 2.05) is 0 Å². The summed E-state index contributed by atoms with van der Waals surface area (Å²) in [6.45, 7) is 10.8. The third kappa shape index (κ3) is 21.9. The summed E-state index contributed by atoms with van der Waals surface area (Å²) in [6.07, 6.45) is -56.4. The SMILES string of the molecule is C=CC(=O)OCc1ccc(OC(F)(F)C(F)(F)C(F)(F)C(F)(F)C(F)(F)C(F)(F)C(F)(F)C(F)(F)F)c(O)c1.C=CC(=O)OCc1ccc(OC(F)(F)C(F)(F)C(F)(F)C(F)(F)C(F)(F)C(F)(F)C(F)(F)C(F)(F)F)cc1.C=Cc1ccc(OC(F)(F)C(F)(F)C(F)(F)C(F)(F)C(F)(F)C(F)(F)C(F)(F)C(F)(F)F)c(O)c1.C=Cc1ccc(OC(F)(F)C(F)(F)C(F)(F)C(F)(F)C(F)(F)C(F)(F)C(F)(F)C(F)(F)F)cc1. The van der Waals surface area contributed by atoms with E-state index in [4.69, 9.17) is 0 Å². The monoisotopic (exact) mass is 2300 g/mol. The Balaban J connectivity index is 0.000000975. The molecule has 10 nitrogen and oxygen atoms in total. The number of carbonyl (C=O) groups is 2. The standard InChI is InChI=1S/C18H9F17O4.C18H9F17O3.C16H7F17O2.C16H7F17O/c1-2-10(37)38-6-7-3-4-9(8(36)5-7)39-18(34,35)16(29,30)14(25,26)12(21,22)11(19,20)13(23,24)15(27,28)17(31,32)33;1-2-10(36)37-7-8-3-5-9(6-4-8)38-18(34,35)16(29,30)14(25,26)12(21,22)11(19,20)13(23,24)15(27,28)17(31,32)33;1-2-6-3-4-8(7(34)5-6)35-16(32,33)14(27,28)12(23,24)10(19,20)9(17,18)11(21,22)13(25,26)15(29,30)31;1-2-7-3-5-8(6-4-7)34-16(32,33)14(27,28)12(23,24)10(19,20)9(17,18)11(21,22)13(25,26)15(29,30)31/h2-5,36H,1,6H2;2-6H,1,7H2;2-5,34H,1H2;2-6H,1H2. The van der Waals surface area contributed by atoms with E-state index in [1.165, 1.54) is 0 Å². The van der Waals surface area contributed by atoms with Crippen LogP contribution < -0.4 is 18.9 Å². The summed E-state index contributed by atoms with van der Waals surface area (Å²) in [5.41, 5.74) is -0.609. The number of hydrogen-bond acceptors (Lipinski definition) is 10. The van der Waals surface area contributed by atoms with Gasteiger partial charge in [0.15, 0.2) is 23.0 Å². The van der Waals surface area contributed by atoms with Crippen molar-refractivity contribution in [1.29, 1.82) is 0 Å². The average Bonchev–Trinajstić information content (AvgIpc) is 0.704. The van der Waals surface area contributed by atoms with Crippen LogP contribution in [0.5, 0.6) is 34.5 Å². The minimum atomic E-state index is -8.77. The number of rotatable bonds is 40. The largest absolute Gasteiger partial charge is 0.504 e. The summed E-state index contributed by atoms with van der Waals surface area (Å²) in [6, 6.07) is 5.71. The number of hydrogen-bond donors (Lipinski definition) is 2. The Morgan fingerprint density at radius 1 is 0.212 bits per heavy atom. The number of phenols is 2. The molecule has 4 aromatic rings. The highest BCUT2D eigenvalue weighted by atomic mass is 19.5. The van der Waals surface area contributed by atoms with E-state index in [2.05, 4.69) is 54.7 Å². The normalized spacial score (nSPS) is 15.0. The summed E-state index contributed by atoms with van der Waals surface area (Å²) in [4.78, 5) is 21.8. The number of esters is 2. The van der Waals surface area contributed by atoms with Gasteiger partial charge in [0.05, 0.1) is 0 Å². The van der Waals surface area contributed by atoms with Crippen LogP contribution in [0.1, 0.15) is 22.3 Å². The van der Waals surface area contributed by atoms with E-state index in [1.54, 1.807) is 0 Å². The predicted molar refractivity (Wildman–Crippen MR) is 335 cm³/mol. The molecule has 0 aromatic heterocycles. The van der Waals surface area contributed by atoms with Crippen molar-refractivity contribution < 1.29 is 347 Å². The Labute approximate surface area is 755 Å². The molecule has 0 unspecified atom stereocenters. The first kappa shape index (κ1) is 133. The lowest BCUT2D eigenvalue weighted by molar-refractivity contribution is -0.471. The molecule has 0 bridgehead atoms. The summed E-state index contributed by atoms with van der Waals surface area (Å²) >= 11 is 0. The first-order chi connectivity index (χ1) is 63.6. The number of carbonyl (C=O) groups excluding carboxylic acids is 2.